The highest BCUT2D eigenvalue weighted by molar-refractivity contribution is 5.78. The molecule has 1 aliphatic heterocycles. The highest BCUT2D eigenvalue weighted by Crippen LogP contribution is 2.29. The van der Waals surface area contributed by atoms with Crippen LogP contribution < -0.4 is 10.5 Å². The Labute approximate surface area is 125 Å². The van der Waals surface area contributed by atoms with Crippen LogP contribution >= 0.6 is 0 Å². The van der Waals surface area contributed by atoms with Crippen LogP contribution in [0.25, 0.3) is 0 Å². The molecule has 0 saturated carbocycles. The zero-order valence-electron chi connectivity index (χ0n) is 12.7. The third-order valence-electron chi connectivity index (χ3n) is 4.44. The van der Waals surface area contributed by atoms with E-state index in [0.29, 0.717) is 0 Å². The monoisotopic (exact) mass is 292 g/mol. The molecule has 0 aliphatic carbocycles. The summed E-state index contributed by atoms with van der Waals surface area (Å²) in [7, 11) is 1.67. The number of piperidine rings is 1. The van der Waals surface area contributed by atoms with E-state index in [4.69, 9.17) is 10.5 Å². The molecule has 21 heavy (non-hydrogen) atoms. The number of ether oxygens (including phenoxy) is 1. The molecule has 0 radical (unpaired) electrons. The van der Waals surface area contributed by atoms with Crippen molar-refractivity contribution in [3.8, 4) is 5.75 Å². The zero-order valence-corrected chi connectivity index (χ0v) is 12.7. The lowest BCUT2D eigenvalue weighted by Gasteiger charge is -2.37. The van der Waals surface area contributed by atoms with Crippen molar-refractivity contribution < 1.29 is 14.6 Å². The number of aliphatic hydroxyl groups is 1. The number of nitrogens with zero attached hydrogens (tertiary/aromatic N) is 1. The molecular formula is C16H24N2O3. The van der Waals surface area contributed by atoms with Crippen LogP contribution in [-0.4, -0.2) is 42.2 Å². The van der Waals surface area contributed by atoms with Gasteiger partial charge in [-0.3, -0.25) is 9.69 Å². The van der Waals surface area contributed by atoms with Gasteiger partial charge in [0.15, 0.2) is 0 Å². The molecule has 2 rings (SSSR count). The number of methoxy groups -OCH3 is 1. The summed E-state index contributed by atoms with van der Waals surface area (Å²) < 4.78 is 5.26. The molecule has 5 heteroatoms. The van der Waals surface area contributed by atoms with Crippen molar-refractivity contribution in [2.24, 2.45) is 11.7 Å². The molecule has 1 aromatic rings. The standard InChI is InChI=1S/C16H24N2O3/c1-11(13-4-3-5-14(10-13)21-2)18-8-6-12(7-9-18)15(19)16(17)20/h3-5,10-12,15,19H,6-9H2,1-2H3,(H2,17,20)/t11-,15-/m0/s1. The Kier molecular flexibility index (Phi) is 5.20. The second-order valence-electron chi connectivity index (χ2n) is 5.67. The van der Waals surface area contributed by atoms with Gasteiger partial charge in [0, 0.05) is 6.04 Å². The molecule has 1 aromatic carbocycles. The van der Waals surface area contributed by atoms with E-state index in [-0.39, 0.29) is 12.0 Å². The second-order valence-corrected chi connectivity index (χ2v) is 5.67. The molecule has 1 heterocycles. The van der Waals surface area contributed by atoms with Crippen LogP contribution in [0.4, 0.5) is 0 Å². The van der Waals surface area contributed by atoms with Gasteiger partial charge in [-0.15, -0.1) is 0 Å². The van der Waals surface area contributed by atoms with E-state index in [2.05, 4.69) is 24.0 Å². The lowest BCUT2D eigenvalue weighted by molar-refractivity contribution is -0.129. The third-order valence-corrected chi connectivity index (χ3v) is 4.44. The maximum absolute atomic E-state index is 11.1. The van der Waals surface area contributed by atoms with Crippen molar-refractivity contribution in [1.82, 2.24) is 4.90 Å². The van der Waals surface area contributed by atoms with E-state index in [1.807, 2.05) is 12.1 Å². The van der Waals surface area contributed by atoms with Gasteiger partial charge in [-0.2, -0.15) is 0 Å². The van der Waals surface area contributed by atoms with E-state index < -0.39 is 12.0 Å². The van der Waals surface area contributed by atoms with Crippen LogP contribution in [-0.2, 0) is 4.79 Å². The van der Waals surface area contributed by atoms with Crippen molar-refractivity contribution in [2.45, 2.75) is 31.9 Å². The van der Waals surface area contributed by atoms with Crippen LogP contribution in [0.5, 0.6) is 5.75 Å². The molecule has 1 saturated heterocycles. The van der Waals surface area contributed by atoms with Gasteiger partial charge >= 0.3 is 0 Å². The van der Waals surface area contributed by atoms with Crippen molar-refractivity contribution in [3.05, 3.63) is 29.8 Å². The minimum absolute atomic E-state index is 0.0174. The lowest BCUT2D eigenvalue weighted by Crippen LogP contribution is -2.43. The number of likely N-dealkylation sites (tertiary alicyclic amines) is 1. The molecular weight excluding hydrogens is 268 g/mol. The predicted octanol–water partition coefficient (Wildman–Crippen LogP) is 1.31. The summed E-state index contributed by atoms with van der Waals surface area (Å²) in [6.45, 7) is 3.88. The summed E-state index contributed by atoms with van der Waals surface area (Å²) >= 11 is 0. The van der Waals surface area contributed by atoms with Crippen molar-refractivity contribution in [1.29, 1.82) is 0 Å². The molecule has 0 bridgehead atoms. The Balaban J connectivity index is 1.96. The first kappa shape index (κ1) is 15.8. The fourth-order valence-electron chi connectivity index (χ4n) is 2.97. The Bertz CT molecular complexity index is 484. The van der Waals surface area contributed by atoms with Crippen LogP contribution in [0.15, 0.2) is 24.3 Å². The van der Waals surface area contributed by atoms with E-state index in [9.17, 15) is 9.90 Å². The van der Waals surface area contributed by atoms with E-state index >= 15 is 0 Å². The Hall–Kier alpha value is -1.59. The van der Waals surface area contributed by atoms with Crippen LogP contribution in [0.3, 0.4) is 0 Å². The van der Waals surface area contributed by atoms with E-state index in [0.717, 1.165) is 31.7 Å². The second kappa shape index (κ2) is 6.91. The van der Waals surface area contributed by atoms with Crippen molar-refractivity contribution >= 4 is 5.91 Å². The van der Waals surface area contributed by atoms with Gasteiger partial charge in [0.25, 0.3) is 0 Å². The molecule has 0 spiro atoms. The Morgan fingerprint density at radius 1 is 1.43 bits per heavy atom. The number of rotatable bonds is 5. The number of hydrogen-bond donors (Lipinski definition) is 2. The fraction of sp³-hybridized carbons (Fsp3) is 0.562. The first-order valence-corrected chi connectivity index (χ1v) is 7.38. The Morgan fingerprint density at radius 2 is 2.10 bits per heavy atom. The summed E-state index contributed by atoms with van der Waals surface area (Å²) in [6.07, 6.45) is 0.566. The maximum Gasteiger partial charge on any atom is 0.246 e. The first-order chi connectivity index (χ1) is 10.0. The SMILES string of the molecule is COc1cccc([C@H](C)N2CCC([C@H](O)C(N)=O)CC2)c1. The van der Waals surface area contributed by atoms with Gasteiger partial charge in [-0.1, -0.05) is 12.1 Å². The summed E-state index contributed by atoms with van der Waals surface area (Å²) in [6, 6.07) is 8.36. The average Bonchev–Trinajstić information content (AvgIpc) is 2.53. The van der Waals surface area contributed by atoms with Gasteiger partial charge < -0.3 is 15.6 Å². The normalized spacial score (nSPS) is 20.0. The molecule has 0 aromatic heterocycles. The van der Waals surface area contributed by atoms with E-state index in [1.165, 1.54) is 5.56 Å². The summed E-state index contributed by atoms with van der Waals surface area (Å²) in [5, 5.41) is 9.75. The lowest BCUT2D eigenvalue weighted by atomic mass is 9.89. The quantitative estimate of drug-likeness (QED) is 0.858. The topological polar surface area (TPSA) is 75.8 Å². The molecule has 1 fully saturated rings. The summed E-state index contributed by atoms with van der Waals surface area (Å²) in [5.41, 5.74) is 6.38. The van der Waals surface area contributed by atoms with Gasteiger partial charge in [0.2, 0.25) is 5.91 Å². The number of benzene rings is 1. The van der Waals surface area contributed by atoms with Crippen molar-refractivity contribution in [3.63, 3.8) is 0 Å². The number of hydrogen-bond acceptors (Lipinski definition) is 4. The number of carbonyl (C=O) groups excluding carboxylic acids is 1. The van der Waals surface area contributed by atoms with Gasteiger partial charge in [-0.05, 0) is 56.5 Å². The third kappa shape index (κ3) is 3.74. The van der Waals surface area contributed by atoms with Crippen LogP contribution in [0, 0.1) is 5.92 Å². The summed E-state index contributed by atoms with van der Waals surface area (Å²) in [4.78, 5) is 13.4. The zero-order chi connectivity index (χ0) is 15.4. The average molecular weight is 292 g/mol. The number of carbonyl (C=O) groups is 1. The largest absolute Gasteiger partial charge is 0.497 e. The van der Waals surface area contributed by atoms with Gasteiger partial charge in [-0.25, -0.2) is 0 Å². The Morgan fingerprint density at radius 3 is 2.67 bits per heavy atom. The number of nitrogens with two attached hydrogens (primary N) is 1. The smallest absolute Gasteiger partial charge is 0.246 e. The van der Waals surface area contributed by atoms with Crippen molar-refractivity contribution in [2.75, 3.05) is 20.2 Å². The van der Waals surface area contributed by atoms with Crippen LogP contribution in [0.2, 0.25) is 0 Å². The number of primary amides is 1. The molecule has 0 unspecified atom stereocenters. The van der Waals surface area contributed by atoms with Gasteiger partial charge in [0.1, 0.15) is 11.9 Å². The number of amides is 1. The first-order valence-electron chi connectivity index (χ1n) is 7.38. The maximum atomic E-state index is 11.1. The number of aliphatic hydroxyl groups excluding tert-OH is 1. The summed E-state index contributed by atoms with van der Waals surface area (Å²) in [5.74, 6) is 0.226. The predicted molar refractivity (Wildman–Crippen MR) is 80.9 cm³/mol. The molecule has 2 atom stereocenters. The molecule has 1 amide bonds. The molecule has 3 N–H and O–H groups in total. The fourth-order valence-corrected chi connectivity index (χ4v) is 2.97. The minimum Gasteiger partial charge on any atom is -0.497 e. The molecule has 116 valence electrons. The van der Waals surface area contributed by atoms with Gasteiger partial charge in [0.05, 0.1) is 7.11 Å². The highest BCUT2D eigenvalue weighted by atomic mass is 16.5. The molecule has 1 aliphatic rings. The van der Waals surface area contributed by atoms with E-state index in [1.54, 1.807) is 7.11 Å². The molecule has 5 nitrogen and oxygen atoms in total. The highest BCUT2D eigenvalue weighted by Gasteiger charge is 2.30. The van der Waals surface area contributed by atoms with Crippen LogP contribution in [0.1, 0.15) is 31.4 Å². The minimum atomic E-state index is -1.01.